The van der Waals surface area contributed by atoms with E-state index in [0.29, 0.717) is 41.0 Å². The molecule has 1 N–H and O–H groups in total. The molecule has 8 nitrogen and oxygen atoms in total. The summed E-state index contributed by atoms with van der Waals surface area (Å²) in [5.41, 5.74) is 2.33. The summed E-state index contributed by atoms with van der Waals surface area (Å²) in [6, 6.07) is 3.15. The topological polar surface area (TPSA) is 111 Å². The Labute approximate surface area is 145 Å². The zero-order chi connectivity index (χ0) is 18.1. The van der Waals surface area contributed by atoms with Gasteiger partial charge in [-0.05, 0) is 18.1 Å². The Morgan fingerprint density at radius 1 is 1.36 bits per heavy atom. The van der Waals surface area contributed by atoms with Crippen LogP contribution in [-0.4, -0.2) is 36.3 Å². The van der Waals surface area contributed by atoms with Crippen molar-refractivity contribution >= 4 is 22.2 Å². The van der Waals surface area contributed by atoms with Crippen LogP contribution in [0.15, 0.2) is 28.3 Å². The number of benzene rings is 1. The molecule has 0 atom stereocenters. The number of carbonyl (C=O) groups excluding carboxylic acids is 1. The predicted molar refractivity (Wildman–Crippen MR) is 91.8 cm³/mol. The zero-order valence-electron chi connectivity index (χ0n) is 13.7. The molecule has 0 saturated carbocycles. The lowest BCUT2D eigenvalue weighted by Gasteiger charge is -2.13. The van der Waals surface area contributed by atoms with Crippen LogP contribution in [0, 0.1) is 6.92 Å². The van der Waals surface area contributed by atoms with E-state index in [1.54, 1.807) is 19.1 Å². The predicted octanol–water partition coefficient (Wildman–Crippen LogP) is 0.489. The molecule has 0 fully saturated rings. The second-order valence-corrected chi connectivity index (χ2v) is 6.75. The van der Waals surface area contributed by atoms with Gasteiger partial charge in [0, 0.05) is 30.8 Å². The minimum Gasteiger partial charge on any atom is -0.395 e. The molecule has 0 amide bonds. The average Bonchev–Trinajstić information content (AvgIpc) is 3.18. The van der Waals surface area contributed by atoms with Crippen LogP contribution in [0.2, 0.25) is 0 Å². The van der Waals surface area contributed by atoms with Gasteiger partial charge in [0.2, 0.25) is 0 Å². The number of H-pyrrole nitrogens is 1. The summed E-state index contributed by atoms with van der Waals surface area (Å²) in [4.78, 5) is 29.8. The van der Waals surface area contributed by atoms with Crippen molar-refractivity contribution in [2.45, 2.75) is 19.1 Å². The van der Waals surface area contributed by atoms with Gasteiger partial charge in [-0.1, -0.05) is 17.3 Å². The van der Waals surface area contributed by atoms with Gasteiger partial charge in [0.15, 0.2) is 5.78 Å². The fourth-order valence-corrected chi connectivity index (χ4v) is 3.48. The first-order valence-electron chi connectivity index (χ1n) is 7.62. The standard InChI is InChI=1S/C16H17N3O5S/c1-9-11(15(20)12-7-17-19(2)16(12)21)4-3-10(8-25(22)23)14(9)13-5-6-24-18-13/h3-4,7,17,25H,5-6,8H2,1-2H3. The van der Waals surface area contributed by atoms with Gasteiger partial charge in [0.25, 0.3) is 5.56 Å². The SMILES string of the molecule is Cc1c(C(=O)c2c[nH]n(C)c2=O)ccc(C[SH](=O)=O)c1C1=NOCC1. The van der Waals surface area contributed by atoms with Gasteiger partial charge in [-0.2, -0.15) is 0 Å². The fourth-order valence-electron chi connectivity index (χ4n) is 2.94. The van der Waals surface area contributed by atoms with Crippen molar-refractivity contribution < 1.29 is 18.0 Å². The number of aromatic nitrogens is 2. The minimum atomic E-state index is -2.63. The third-order valence-corrected chi connectivity index (χ3v) is 4.77. The Hall–Kier alpha value is -2.68. The van der Waals surface area contributed by atoms with Crippen molar-refractivity contribution in [3.63, 3.8) is 0 Å². The van der Waals surface area contributed by atoms with Crippen LogP contribution in [0.3, 0.4) is 0 Å². The Bertz CT molecular complexity index is 1010. The van der Waals surface area contributed by atoms with Crippen LogP contribution < -0.4 is 5.56 Å². The maximum atomic E-state index is 12.8. The van der Waals surface area contributed by atoms with Crippen molar-refractivity contribution in [3.8, 4) is 0 Å². The Morgan fingerprint density at radius 2 is 2.12 bits per heavy atom. The largest absolute Gasteiger partial charge is 0.395 e. The molecule has 3 rings (SSSR count). The molecule has 132 valence electrons. The molecule has 1 aromatic carbocycles. The van der Waals surface area contributed by atoms with Crippen molar-refractivity contribution in [2.24, 2.45) is 12.2 Å². The summed E-state index contributed by atoms with van der Waals surface area (Å²) in [7, 11) is -1.11. The average molecular weight is 363 g/mol. The number of hydrogen-bond donors (Lipinski definition) is 2. The van der Waals surface area contributed by atoms with Gasteiger partial charge < -0.3 is 9.94 Å². The van der Waals surface area contributed by atoms with Crippen LogP contribution in [0.1, 0.15) is 39.0 Å². The lowest BCUT2D eigenvalue weighted by molar-refractivity contribution is 0.103. The van der Waals surface area contributed by atoms with E-state index in [0.717, 1.165) is 0 Å². The number of nitrogens with one attached hydrogen (secondary N) is 1. The third-order valence-electron chi connectivity index (χ3n) is 4.17. The first-order chi connectivity index (χ1) is 11.9. The van der Waals surface area contributed by atoms with E-state index in [9.17, 15) is 18.0 Å². The highest BCUT2D eigenvalue weighted by Gasteiger charge is 2.24. The molecule has 0 radical (unpaired) electrons. The number of thiol groups is 1. The van der Waals surface area contributed by atoms with Crippen molar-refractivity contribution in [1.82, 2.24) is 9.78 Å². The maximum absolute atomic E-state index is 12.8. The molecular formula is C16H17N3O5S. The van der Waals surface area contributed by atoms with E-state index < -0.39 is 22.0 Å². The van der Waals surface area contributed by atoms with Crippen LogP contribution in [0.4, 0.5) is 0 Å². The number of nitrogens with zero attached hydrogens (tertiary/aromatic N) is 2. The van der Waals surface area contributed by atoms with E-state index >= 15 is 0 Å². The Kier molecular flexibility index (Phi) is 4.58. The zero-order valence-corrected chi connectivity index (χ0v) is 14.6. The molecule has 1 aliphatic heterocycles. The maximum Gasteiger partial charge on any atom is 0.277 e. The van der Waals surface area contributed by atoms with Crippen molar-refractivity contribution in [3.05, 3.63) is 56.5 Å². The number of aromatic amines is 1. The first kappa shape index (κ1) is 17.2. The molecule has 2 heterocycles. The third kappa shape index (κ3) is 3.14. The molecule has 2 aromatic rings. The molecule has 1 aromatic heterocycles. The summed E-state index contributed by atoms with van der Waals surface area (Å²) in [6.45, 7) is 2.14. The molecule has 1 aliphatic rings. The monoisotopic (exact) mass is 363 g/mol. The smallest absolute Gasteiger partial charge is 0.277 e. The van der Waals surface area contributed by atoms with Gasteiger partial charge in [-0.25, -0.2) is 8.42 Å². The molecule has 9 heteroatoms. The van der Waals surface area contributed by atoms with E-state index in [1.807, 2.05) is 0 Å². The Morgan fingerprint density at radius 3 is 2.68 bits per heavy atom. The summed E-state index contributed by atoms with van der Waals surface area (Å²) >= 11 is 0. The van der Waals surface area contributed by atoms with Gasteiger partial charge in [0.05, 0.1) is 11.5 Å². The van der Waals surface area contributed by atoms with Crippen molar-refractivity contribution in [2.75, 3.05) is 6.61 Å². The van der Waals surface area contributed by atoms with Gasteiger partial charge in [-0.3, -0.25) is 14.3 Å². The lowest BCUT2D eigenvalue weighted by Crippen LogP contribution is -2.20. The second kappa shape index (κ2) is 6.67. The molecular weight excluding hydrogens is 346 g/mol. The fraction of sp³-hybridized carbons (Fsp3) is 0.312. The van der Waals surface area contributed by atoms with Crippen LogP contribution >= 0.6 is 0 Å². The highest BCUT2D eigenvalue weighted by Crippen LogP contribution is 2.25. The van der Waals surface area contributed by atoms with Crippen LogP contribution in [0.5, 0.6) is 0 Å². The van der Waals surface area contributed by atoms with E-state index in [4.69, 9.17) is 4.84 Å². The molecule has 0 unspecified atom stereocenters. The summed E-state index contributed by atoms with van der Waals surface area (Å²) in [6.07, 6.45) is 1.90. The first-order valence-corrected chi connectivity index (χ1v) is 8.99. The number of aryl methyl sites for hydroxylation is 1. The second-order valence-electron chi connectivity index (χ2n) is 5.76. The van der Waals surface area contributed by atoms with E-state index in [2.05, 4.69) is 10.3 Å². The van der Waals surface area contributed by atoms with Crippen molar-refractivity contribution in [1.29, 1.82) is 0 Å². The van der Waals surface area contributed by atoms with E-state index in [-0.39, 0.29) is 11.3 Å². The number of oxime groups is 1. The number of carbonyl (C=O) groups is 1. The molecule has 0 aliphatic carbocycles. The number of ketones is 1. The van der Waals surface area contributed by atoms with Gasteiger partial charge in [0.1, 0.15) is 22.9 Å². The molecule has 25 heavy (non-hydrogen) atoms. The van der Waals surface area contributed by atoms with Gasteiger partial charge in [-0.15, -0.1) is 0 Å². The van der Waals surface area contributed by atoms with Crippen LogP contribution in [-0.2, 0) is 28.3 Å². The lowest BCUT2D eigenvalue weighted by atomic mass is 9.90. The Balaban J connectivity index is 2.16. The molecule has 0 bridgehead atoms. The normalized spacial score (nSPS) is 13.8. The number of hydrogen-bond acceptors (Lipinski definition) is 6. The van der Waals surface area contributed by atoms with Gasteiger partial charge >= 0.3 is 0 Å². The van der Waals surface area contributed by atoms with Crippen LogP contribution in [0.25, 0.3) is 0 Å². The summed E-state index contributed by atoms with van der Waals surface area (Å²) < 4.78 is 23.6. The highest BCUT2D eigenvalue weighted by atomic mass is 32.2. The number of rotatable bonds is 5. The summed E-state index contributed by atoms with van der Waals surface area (Å²) in [5, 5.41) is 6.64. The molecule has 0 saturated heterocycles. The quantitative estimate of drug-likeness (QED) is 0.593. The highest BCUT2D eigenvalue weighted by molar-refractivity contribution is 7.71. The summed E-state index contributed by atoms with van der Waals surface area (Å²) in [5.74, 6) is -0.566. The minimum absolute atomic E-state index is 0.0313. The van der Waals surface area contributed by atoms with E-state index in [1.165, 1.54) is 17.9 Å². The molecule has 0 spiro atoms.